The van der Waals surface area contributed by atoms with Crippen LogP contribution in [0, 0.1) is 0 Å². The summed E-state index contributed by atoms with van der Waals surface area (Å²) >= 11 is 0. The van der Waals surface area contributed by atoms with E-state index in [1.807, 2.05) is 0 Å². The lowest BCUT2D eigenvalue weighted by Gasteiger charge is -2.34. The molecule has 1 saturated heterocycles. The second-order valence-electron chi connectivity index (χ2n) is 8.40. The lowest BCUT2D eigenvalue weighted by Crippen LogP contribution is -2.51. The van der Waals surface area contributed by atoms with Crippen molar-refractivity contribution in [2.75, 3.05) is 6.54 Å². The number of ketones is 1. The zero-order valence-electron chi connectivity index (χ0n) is 17.3. The van der Waals surface area contributed by atoms with Gasteiger partial charge >= 0.3 is 11.8 Å². The average Bonchev–Trinajstić information content (AvgIpc) is 3.24. The Bertz CT molecular complexity index is 1330. The first-order chi connectivity index (χ1) is 15.7. The molecule has 0 bridgehead atoms. The van der Waals surface area contributed by atoms with Crippen LogP contribution >= 0.6 is 0 Å². The molecule has 0 atom stereocenters. The fraction of sp³-hybridized carbons (Fsp3) is 0.304. The first-order valence-electron chi connectivity index (χ1n) is 10.5. The number of halogens is 2. The topological polar surface area (TPSA) is 102 Å². The number of oxazole rings is 1. The van der Waals surface area contributed by atoms with E-state index in [9.17, 15) is 28.0 Å². The Hall–Kier alpha value is -3.82. The summed E-state index contributed by atoms with van der Waals surface area (Å²) in [5, 5.41) is 2.52. The number of para-hydroxylation sites is 2. The van der Waals surface area contributed by atoms with Crippen molar-refractivity contribution in [1.29, 1.82) is 0 Å². The Morgan fingerprint density at radius 3 is 2.33 bits per heavy atom. The molecule has 0 unspecified atom stereocenters. The van der Waals surface area contributed by atoms with E-state index in [1.165, 1.54) is 16.7 Å². The maximum absolute atomic E-state index is 13.5. The molecule has 2 aliphatic rings. The second kappa shape index (κ2) is 7.36. The Morgan fingerprint density at radius 2 is 1.64 bits per heavy atom. The number of urea groups is 1. The minimum atomic E-state index is -2.86. The zero-order chi connectivity index (χ0) is 23.4. The molecule has 1 aliphatic carbocycles. The summed E-state index contributed by atoms with van der Waals surface area (Å²) in [4.78, 5) is 51.0. The maximum atomic E-state index is 13.5. The molecule has 1 aliphatic heterocycles. The number of aromatic nitrogens is 1. The lowest BCUT2D eigenvalue weighted by molar-refractivity contribution is -0.135. The van der Waals surface area contributed by atoms with Crippen LogP contribution in [-0.2, 0) is 4.79 Å². The largest absolute Gasteiger partial charge is 0.424 e. The molecule has 8 nitrogen and oxygen atoms in total. The van der Waals surface area contributed by atoms with Gasteiger partial charge in [-0.15, -0.1) is 0 Å². The molecule has 2 aromatic carbocycles. The number of Topliss-reactive ketones (excluding diaryl/α,β-unsaturated/α-hetero) is 1. The van der Waals surface area contributed by atoms with Gasteiger partial charge in [0.1, 0.15) is 5.54 Å². The molecule has 170 valence electrons. The number of carbonyl (C=O) groups excluding carboxylic acids is 3. The summed E-state index contributed by atoms with van der Waals surface area (Å²) in [6, 6.07) is 12.3. The van der Waals surface area contributed by atoms with Crippen molar-refractivity contribution in [3.8, 4) is 5.69 Å². The number of imide groups is 1. The van der Waals surface area contributed by atoms with Gasteiger partial charge in [-0.3, -0.25) is 14.5 Å². The van der Waals surface area contributed by atoms with Crippen molar-refractivity contribution < 1.29 is 27.6 Å². The highest BCUT2D eigenvalue weighted by Gasteiger charge is 2.55. The van der Waals surface area contributed by atoms with E-state index >= 15 is 0 Å². The number of hydrogen-bond acceptors (Lipinski definition) is 5. The molecule has 1 spiro atoms. The van der Waals surface area contributed by atoms with E-state index in [4.69, 9.17) is 4.42 Å². The van der Waals surface area contributed by atoms with Gasteiger partial charge in [0.2, 0.25) is 5.92 Å². The molecule has 1 N–H and O–H groups in total. The van der Waals surface area contributed by atoms with Crippen LogP contribution in [0.4, 0.5) is 13.6 Å². The molecule has 33 heavy (non-hydrogen) atoms. The second-order valence-corrected chi connectivity index (χ2v) is 8.40. The van der Waals surface area contributed by atoms with Gasteiger partial charge in [-0.2, -0.15) is 0 Å². The monoisotopic (exact) mass is 455 g/mol. The van der Waals surface area contributed by atoms with Crippen molar-refractivity contribution >= 4 is 28.8 Å². The van der Waals surface area contributed by atoms with Crippen molar-refractivity contribution in [3.63, 3.8) is 0 Å². The van der Waals surface area contributed by atoms with Crippen molar-refractivity contribution in [2.45, 2.75) is 37.1 Å². The number of rotatable bonds is 4. The molecule has 2 heterocycles. The highest BCUT2D eigenvalue weighted by Crippen LogP contribution is 2.41. The Kier molecular flexibility index (Phi) is 4.70. The molecule has 2 fully saturated rings. The smallest absolute Gasteiger partial charge is 0.407 e. The van der Waals surface area contributed by atoms with Crippen LogP contribution in [0.15, 0.2) is 57.7 Å². The van der Waals surface area contributed by atoms with Crippen LogP contribution in [0.2, 0.25) is 0 Å². The maximum Gasteiger partial charge on any atom is 0.424 e. The third-order valence-electron chi connectivity index (χ3n) is 6.32. The van der Waals surface area contributed by atoms with Gasteiger partial charge < -0.3 is 9.73 Å². The van der Waals surface area contributed by atoms with Gasteiger partial charge in [0.05, 0.1) is 17.7 Å². The highest BCUT2D eigenvalue weighted by atomic mass is 19.3. The molecule has 10 heteroatoms. The molecule has 0 radical (unpaired) electrons. The number of nitrogens with zero attached hydrogens (tertiary/aromatic N) is 2. The van der Waals surface area contributed by atoms with Crippen molar-refractivity contribution in [3.05, 3.63) is 64.6 Å². The summed E-state index contributed by atoms with van der Waals surface area (Å²) in [6.45, 7) is -0.503. The third kappa shape index (κ3) is 3.51. The molecule has 3 aromatic rings. The Morgan fingerprint density at radius 1 is 0.970 bits per heavy atom. The fourth-order valence-electron chi connectivity index (χ4n) is 4.44. The Labute approximate surface area is 185 Å². The summed E-state index contributed by atoms with van der Waals surface area (Å²) in [6.07, 6.45) is -1.33. The fourth-order valence-corrected chi connectivity index (χ4v) is 4.44. The summed E-state index contributed by atoms with van der Waals surface area (Å²) in [5.41, 5.74) is 0.349. The van der Waals surface area contributed by atoms with Crippen molar-refractivity contribution in [2.24, 2.45) is 0 Å². The minimum Gasteiger partial charge on any atom is -0.407 e. The van der Waals surface area contributed by atoms with E-state index < -0.39 is 54.3 Å². The van der Waals surface area contributed by atoms with Gasteiger partial charge in [0, 0.05) is 18.4 Å². The van der Waals surface area contributed by atoms with Gasteiger partial charge in [-0.05, 0) is 49.2 Å². The predicted molar refractivity (Wildman–Crippen MR) is 113 cm³/mol. The third-order valence-corrected chi connectivity index (χ3v) is 6.32. The summed E-state index contributed by atoms with van der Waals surface area (Å²) < 4.78 is 33.6. The molecular formula is C23H19F2N3O5. The van der Waals surface area contributed by atoms with Crippen LogP contribution in [0.3, 0.4) is 0 Å². The normalized spacial score (nSPS) is 19.3. The SMILES string of the molecule is O=C(CN1C(=O)NC2(CCC(F)(F)CC2)C1=O)c1ccc(-n2c(=O)oc3ccccc32)cc1. The molecule has 1 aromatic heterocycles. The van der Waals surface area contributed by atoms with E-state index in [1.54, 1.807) is 36.4 Å². The van der Waals surface area contributed by atoms with Crippen LogP contribution in [0.1, 0.15) is 36.0 Å². The molecule has 5 rings (SSSR count). The number of benzene rings is 2. The molecular weight excluding hydrogens is 436 g/mol. The van der Waals surface area contributed by atoms with Crippen LogP contribution in [-0.4, -0.2) is 45.2 Å². The van der Waals surface area contributed by atoms with E-state index in [2.05, 4.69) is 5.32 Å². The Balaban J connectivity index is 1.33. The number of carbonyl (C=O) groups is 3. The quantitative estimate of drug-likeness (QED) is 0.481. The zero-order valence-corrected chi connectivity index (χ0v) is 17.3. The van der Waals surface area contributed by atoms with Gasteiger partial charge in [0.25, 0.3) is 5.91 Å². The molecule has 1 saturated carbocycles. The number of hydrogen-bond donors (Lipinski definition) is 1. The lowest BCUT2D eigenvalue weighted by atomic mass is 9.80. The summed E-state index contributed by atoms with van der Waals surface area (Å²) in [7, 11) is 0. The predicted octanol–water partition coefficient (Wildman–Crippen LogP) is 3.27. The van der Waals surface area contributed by atoms with Crippen LogP contribution < -0.4 is 11.1 Å². The van der Waals surface area contributed by atoms with Crippen molar-refractivity contribution in [1.82, 2.24) is 14.8 Å². The van der Waals surface area contributed by atoms with Crippen LogP contribution in [0.5, 0.6) is 0 Å². The van der Waals surface area contributed by atoms with Gasteiger partial charge in [0.15, 0.2) is 11.4 Å². The number of amides is 3. The van der Waals surface area contributed by atoms with Crippen LogP contribution in [0.25, 0.3) is 16.8 Å². The number of alkyl halides is 2. The first kappa shape index (κ1) is 21.0. The number of fused-ring (bicyclic) bond motifs is 1. The van der Waals surface area contributed by atoms with E-state index in [-0.39, 0.29) is 18.4 Å². The summed E-state index contributed by atoms with van der Waals surface area (Å²) in [5.74, 6) is -4.57. The molecule has 3 amide bonds. The van der Waals surface area contributed by atoms with Gasteiger partial charge in [-0.1, -0.05) is 12.1 Å². The van der Waals surface area contributed by atoms with E-state index in [0.29, 0.717) is 16.8 Å². The highest BCUT2D eigenvalue weighted by molar-refractivity contribution is 6.11. The average molecular weight is 455 g/mol. The first-order valence-corrected chi connectivity index (χ1v) is 10.5. The van der Waals surface area contributed by atoms with Gasteiger partial charge in [-0.25, -0.2) is 22.9 Å². The number of nitrogens with one attached hydrogen (secondary N) is 1. The standard InChI is InChI=1S/C23H19F2N3O5/c24-23(25)11-9-22(10-12-23)19(30)27(20(31)26-22)13-17(29)14-5-7-15(8-6-14)28-16-3-1-2-4-18(16)33-21(28)32/h1-8H,9-13H2,(H,26,31). The minimum absolute atomic E-state index is 0.169. The van der Waals surface area contributed by atoms with E-state index in [0.717, 1.165) is 4.90 Å².